The Morgan fingerprint density at radius 1 is 1.37 bits per heavy atom. The molecule has 0 unspecified atom stereocenters. The van der Waals surface area contributed by atoms with E-state index in [0.29, 0.717) is 52.8 Å². The lowest BCUT2D eigenvalue weighted by Gasteiger charge is -2.22. The molecule has 0 aliphatic rings. The van der Waals surface area contributed by atoms with E-state index in [4.69, 9.17) is 16.2 Å². The number of amides is 2. The number of rotatable bonds is 7. The van der Waals surface area contributed by atoms with Crippen molar-refractivity contribution in [3.8, 4) is 0 Å². The summed E-state index contributed by atoms with van der Waals surface area (Å²) in [6, 6.07) is 0. The molecule has 9 nitrogen and oxygen atoms in total. The molecule has 10 heteroatoms. The van der Waals surface area contributed by atoms with Gasteiger partial charge in [-0.25, -0.2) is 14.8 Å². The zero-order valence-electron chi connectivity index (χ0n) is 16.0. The van der Waals surface area contributed by atoms with Gasteiger partial charge in [0.25, 0.3) is 5.91 Å². The second-order valence-corrected chi connectivity index (χ2v) is 7.96. The average molecular weight is 395 g/mol. The van der Waals surface area contributed by atoms with Crippen LogP contribution in [0.3, 0.4) is 0 Å². The molecule has 2 amide bonds. The normalized spacial score (nSPS) is 11.4. The predicted octanol–water partition coefficient (Wildman–Crippen LogP) is 2.11. The molecule has 0 bridgehead atoms. The van der Waals surface area contributed by atoms with Gasteiger partial charge in [-0.3, -0.25) is 4.79 Å². The zero-order chi connectivity index (χ0) is 20.2. The predicted molar refractivity (Wildman–Crippen MR) is 107 cm³/mol. The van der Waals surface area contributed by atoms with Gasteiger partial charge in [-0.05, 0) is 34.1 Å². The lowest BCUT2D eigenvalue weighted by Crippen LogP contribution is -2.34. The molecule has 2 aromatic heterocycles. The molecule has 0 spiro atoms. The summed E-state index contributed by atoms with van der Waals surface area (Å²) in [6.07, 6.45) is 1.88. The Hall–Kier alpha value is -2.62. The Balaban J connectivity index is 1.99. The number of hydrogen-bond donors (Lipinski definition) is 3. The Labute approximate surface area is 162 Å². The number of carbonyl (C=O) groups excluding carboxylic acids is 2. The second-order valence-electron chi connectivity index (χ2n) is 6.96. The van der Waals surface area contributed by atoms with E-state index in [0.717, 1.165) is 11.3 Å². The van der Waals surface area contributed by atoms with Crippen molar-refractivity contribution < 1.29 is 14.3 Å². The smallest absolute Gasteiger partial charge is 0.407 e. The molecule has 0 radical (unpaired) electrons. The summed E-state index contributed by atoms with van der Waals surface area (Å²) in [5, 5.41) is 3.35. The monoisotopic (exact) mass is 394 g/mol. The molecule has 0 saturated heterocycles. The number of alkyl carbamates (subject to hydrolysis) is 1. The van der Waals surface area contributed by atoms with Gasteiger partial charge in [-0.15, -0.1) is 11.3 Å². The first-order valence-electron chi connectivity index (χ1n) is 8.69. The van der Waals surface area contributed by atoms with E-state index in [2.05, 4.69) is 15.3 Å². The average Bonchev–Trinajstić information content (AvgIpc) is 2.90. The van der Waals surface area contributed by atoms with Crippen molar-refractivity contribution in [2.75, 3.05) is 30.3 Å². The molecule has 2 heterocycles. The third-order valence-electron chi connectivity index (χ3n) is 3.64. The molecule has 0 atom stereocenters. The maximum absolute atomic E-state index is 11.7. The van der Waals surface area contributed by atoms with Crippen LogP contribution in [-0.2, 0) is 4.74 Å². The first kappa shape index (κ1) is 20.7. The van der Waals surface area contributed by atoms with E-state index in [1.54, 1.807) is 6.20 Å². The highest BCUT2D eigenvalue weighted by molar-refractivity contribution is 7.21. The van der Waals surface area contributed by atoms with Crippen LogP contribution in [0.4, 0.5) is 16.4 Å². The van der Waals surface area contributed by atoms with Gasteiger partial charge >= 0.3 is 6.09 Å². The summed E-state index contributed by atoms with van der Waals surface area (Å²) < 4.78 is 5.20. The summed E-state index contributed by atoms with van der Waals surface area (Å²) in [5.41, 5.74) is 11.1. The molecule has 27 heavy (non-hydrogen) atoms. The van der Waals surface area contributed by atoms with Gasteiger partial charge in [0.1, 0.15) is 15.3 Å². The van der Waals surface area contributed by atoms with E-state index < -0.39 is 17.6 Å². The quantitative estimate of drug-likeness (QED) is 0.612. The number of nitrogen functional groups attached to an aromatic ring is 1. The van der Waals surface area contributed by atoms with Crippen molar-refractivity contribution in [1.82, 2.24) is 15.3 Å². The summed E-state index contributed by atoms with van der Waals surface area (Å²) in [5.74, 6) is -0.0304. The first-order valence-corrected chi connectivity index (χ1v) is 9.50. The van der Waals surface area contributed by atoms with Crippen LogP contribution in [0.25, 0.3) is 10.2 Å². The van der Waals surface area contributed by atoms with Gasteiger partial charge in [0, 0.05) is 25.8 Å². The molecule has 0 aliphatic carbocycles. The first-order chi connectivity index (χ1) is 12.6. The maximum Gasteiger partial charge on any atom is 0.407 e. The van der Waals surface area contributed by atoms with E-state index in [-0.39, 0.29) is 0 Å². The number of carbonyl (C=O) groups is 2. The number of nitrogens with one attached hydrogen (secondary N) is 1. The Bertz CT molecular complexity index is 830. The number of hydrogen-bond acceptors (Lipinski definition) is 8. The highest BCUT2D eigenvalue weighted by Crippen LogP contribution is 2.32. The summed E-state index contributed by atoms with van der Waals surface area (Å²) in [7, 11) is 0. The van der Waals surface area contributed by atoms with Gasteiger partial charge in [0.15, 0.2) is 0 Å². The highest BCUT2D eigenvalue weighted by atomic mass is 32.1. The van der Waals surface area contributed by atoms with Crippen LogP contribution in [0.1, 0.15) is 43.8 Å². The molecular weight excluding hydrogens is 368 g/mol. The van der Waals surface area contributed by atoms with Crippen molar-refractivity contribution in [3.05, 3.63) is 11.1 Å². The number of thiophene rings is 1. The molecule has 2 aromatic rings. The third-order valence-corrected chi connectivity index (χ3v) is 4.77. The molecular formula is C17H26N6O3S. The van der Waals surface area contributed by atoms with Crippen LogP contribution in [0.5, 0.6) is 0 Å². The number of nitrogens with zero attached hydrogens (tertiary/aromatic N) is 3. The van der Waals surface area contributed by atoms with Crippen LogP contribution in [0.15, 0.2) is 6.20 Å². The number of nitrogens with two attached hydrogens (primary N) is 2. The fourth-order valence-corrected chi connectivity index (χ4v) is 3.32. The Morgan fingerprint density at radius 2 is 2.07 bits per heavy atom. The molecule has 0 aliphatic heterocycles. The van der Waals surface area contributed by atoms with Gasteiger partial charge in [0.2, 0.25) is 5.95 Å². The topological polar surface area (TPSA) is 136 Å². The van der Waals surface area contributed by atoms with Crippen LogP contribution >= 0.6 is 11.3 Å². The number of fused-ring (bicyclic) bond motifs is 1. The standard InChI is InChI=1S/C17H26N6O3S/c1-5-23(8-6-7-20-16(25)26-17(2,3)4)15-21-9-10-11(18)12(13(19)24)27-14(10)22-15/h9H,5-8,18H2,1-4H3,(H2,19,24)(H,20,25). The molecule has 5 N–H and O–H groups in total. The van der Waals surface area contributed by atoms with Crippen molar-refractivity contribution in [1.29, 1.82) is 0 Å². The van der Waals surface area contributed by atoms with Gasteiger partial charge in [-0.2, -0.15) is 0 Å². The summed E-state index contributed by atoms with van der Waals surface area (Å²) in [6.45, 7) is 9.28. The molecule has 148 valence electrons. The van der Waals surface area contributed by atoms with Crippen molar-refractivity contribution in [2.24, 2.45) is 5.73 Å². The van der Waals surface area contributed by atoms with E-state index in [1.165, 1.54) is 0 Å². The SMILES string of the molecule is CCN(CCCNC(=O)OC(C)(C)C)c1ncc2c(N)c(C(N)=O)sc2n1. The molecule has 0 aromatic carbocycles. The van der Waals surface area contributed by atoms with Gasteiger partial charge < -0.3 is 26.4 Å². The molecule has 0 fully saturated rings. The van der Waals surface area contributed by atoms with Crippen LogP contribution in [0.2, 0.25) is 0 Å². The van der Waals surface area contributed by atoms with Crippen molar-refractivity contribution in [2.45, 2.75) is 39.7 Å². The minimum Gasteiger partial charge on any atom is -0.444 e. The minimum atomic E-state index is -0.572. The molecule has 0 saturated carbocycles. The van der Waals surface area contributed by atoms with E-state index in [9.17, 15) is 9.59 Å². The van der Waals surface area contributed by atoms with Crippen LogP contribution in [-0.4, -0.2) is 47.2 Å². The van der Waals surface area contributed by atoms with E-state index in [1.807, 2.05) is 32.6 Å². The number of primary amides is 1. The van der Waals surface area contributed by atoms with Gasteiger partial charge in [0.05, 0.1) is 11.1 Å². The summed E-state index contributed by atoms with van der Waals surface area (Å²) >= 11 is 1.16. The minimum absolute atomic E-state index is 0.293. The van der Waals surface area contributed by atoms with E-state index >= 15 is 0 Å². The zero-order valence-corrected chi connectivity index (χ0v) is 16.9. The fraction of sp³-hybridized carbons (Fsp3) is 0.529. The third kappa shape index (κ3) is 5.43. The second kappa shape index (κ2) is 8.38. The number of anilines is 2. The summed E-state index contributed by atoms with van der Waals surface area (Å²) in [4.78, 5) is 34.8. The van der Waals surface area contributed by atoms with Crippen molar-refractivity contribution in [3.63, 3.8) is 0 Å². The molecule has 2 rings (SSSR count). The van der Waals surface area contributed by atoms with Gasteiger partial charge in [-0.1, -0.05) is 0 Å². The number of aromatic nitrogens is 2. The lowest BCUT2D eigenvalue weighted by molar-refractivity contribution is 0.0527. The maximum atomic E-state index is 11.7. The van der Waals surface area contributed by atoms with Crippen LogP contribution in [0, 0.1) is 0 Å². The largest absolute Gasteiger partial charge is 0.444 e. The Kier molecular flexibility index (Phi) is 6.42. The van der Waals surface area contributed by atoms with Crippen molar-refractivity contribution >= 4 is 45.2 Å². The Morgan fingerprint density at radius 3 is 2.67 bits per heavy atom. The van der Waals surface area contributed by atoms with Crippen LogP contribution < -0.4 is 21.7 Å². The fourth-order valence-electron chi connectivity index (χ4n) is 2.40. The number of ether oxygens (including phenoxy) is 1. The lowest BCUT2D eigenvalue weighted by atomic mass is 10.2. The highest BCUT2D eigenvalue weighted by Gasteiger charge is 2.18.